The molecule has 1 N–H and O–H groups in total. The molecule has 1 fully saturated rings. The van der Waals surface area contributed by atoms with Crippen LogP contribution in [0.4, 0.5) is 0 Å². The van der Waals surface area contributed by atoms with Gasteiger partial charge in [-0.2, -0.15) is 5.10 Å². The van der Waals surface area contributed by atoms with Gasteiger partial charge >= 0.3 is 0 Å². The summed E-state index contributed by atoms with van der Waals surface area (Å²) in [4.78, 5) is 0. The minimum absolute atomic E-state index is 0.373. The van der Waals surface area contributed by atoms with Gasteiger partial charge in [-0.3, -0.25) is 4.68 Å². The Morgan fingerprint density at radius 1 is 1.53 bits per heavy atom. The Labute approximate surface area is 116 Å². The molecule has 108 valence electrons. The summed E-state index contributed by atoms with van der Waals surface area (Å²) in [6, 6.07) is 2.63. The number of hydrogen-bond donors (Lipinski definition) is 1. The maximum absolute atomic E-state index is 5.67. The number of aryl methyl sites for hydroxylation is 2. The maximum atomic E-state index is 5.67. The van der Waals surface area contributed by atoms with E-state index in [0.29, 0.717) is 12.0 Å². The van der Waals surface area contributed by atoms with Crippen molar-refractivity contribution in [2.24, 2.45) is 13.0 Å². The van der Waals surface area contributed by atoms with Crippen molar-refractivity contribution in [3.63, 3.8) is 0 Å². The molecule has 2 atom stereocenters. The molecule has 2 rings (SSSR count). The second-order valence-electron chi connectivity index (χ2n) is 5.45. The Morgan fingerprint density at radius 3 is 2.95 bits per heavy atom. The van der Waals surface area contributed by atoms with Crippen LogP contribution in [0.2, 0.25) is 0 Å². The number of rotatable bonds is 6. The summed E-state index contributed by atoms with van der Waals surface area (Å²) in [6.07, 6.45) is 4.57. The van der Waals surface area contributed by atoms with E-state index in [1.54, 1.807) is 0 Å². The van der Waals surface area contributed by atoms with Crippen LogP contribution in [0.25, 0.3) is 0 Å². The van der Waals surface area contributed by atoms with E-state index in [9.17, 15) is 0 Å². The first-order chi connectivity index (χ1) is 9.26. The van der Waals surface area contributed by atoms with Crippen molar-refractivity contribution in [2.75, 3.05) is 19.8 Å². The predicted molar refractivity (Wildman–Crippen MR) is 77.2 cm³/mol. The predicted octanol–water partition coefficient (Wildman–Crippen LogP) is 2.45. The summed E-state index contributed by atoms with van der Waals surface area (Å²) in [5.74, 6) is 0.570. The molecule has 4 nitrogen and oxygen atoms in total. The average Bonchev–Trinajstić information content (AvgIpc) is 2.82. The second-order valence-corrected chi connectivity index (χ2v) is 5.45. The molecule has 1 aliphatic rings. The van der Waals surface area contributed by atoms with Crippen LogP contribution in [0.1, 0.15) is 50.5 Å². The molecule has 1 aromatic rings. The molecular formula is C15H27N3O. The lowest BCUT2D eigenvalue weighted by Gasteiger charge is -2.31. The van der Waals surface area contributed by atoms with Gasteiger partial charge in [0.25, 0.3) is 0 Å². The number of nitrogens with one attached hydrogen (secondary N) is 1. The van der Waals surface area contributed by atoms with E-state index in [-0.39, 0.29) is 0 Å². The van der Waals surface area contributed by atoms with Crippen molar-refractivity contribution in [1.82, 2.24) is 15.1 Å². The largest absolute Gasteiger partial charge is 0.381 e. The van der Waals surface area contributed by atoms with Crippen molar-refractivity contribution >= 4 is 0 Å². The van der Waals surface area contributed by atoms with Crippen molar-refractivity contribution in [1.29, 1.82) is 0 Å². The van der Waals surface area contributed by atoms with Gasteiger partial charge in [0, 0.05) is 19.6 Å². The third-order valence-corrected chi connectivity index (χ3v) is 3.93. The Hall–Kier alpha value is -0.870. The summed E-state index contributed by atoms with van der Waals surface area (Å²) >= 11 is 0. The molecule has 0 aliphatic carbocycles. The van der Waals surface area contributed by atoms with Crippen LogP contribution in [0.3, 0.4) is 0 Å². The summed E-state index contributed by atoms with van der Waals surface area (Å²) in [5, 5.41) is 8.28. The molecule has 0 aromatic carbocycles. The SMILES string of the molecule is CCCNC(c1cc(CC)nn1C)C1CCCOC1. The first kappa shape index (κ1) is 14.5. The topological polar surface area (TPSA) is 39.1 Å². The fraction of sp³-hybridized carbons (Fsp3) is 0.800. The minimum atomic E-state index is 0.373. The van der Waals surface area contributed by atoms with E-state index in [2.05, 4.69) is 37.4 Å². The van der Waals surface area contributed by atoms with Gasteiger partial charge in [-0.05, 0) is 38.3 Å². The van der Waals surface area contributed by atoms with Crippen LogP contribution < -0.4 is 5.32 Å². The molecule has 0 amide bonds. The minimum Gasteiger partial charge on any atom is -0.381 e. The van der Waals surface area contributed by atoms with Crippen molar-refractivity contribution in [2.45, 2.75) is 45.6 Å². The number of nitrogens with zero attached hydrogens (tertiary/aromatic N) is 2. The molecule has 2 unspecified atom stereocenters. The van der Waals surface area contributed by atoms with E-state index >= 15 is 0 Å². The summed E-state index contributed by atoms with van der Waals surface area (Å²) in [5.41, 5.74) is 2.48. The van der Waals surface area contributed by atoms with Gasteiger partial charge in [-0.15, -0.1) is 0 Å². The van der Waals surface area contributed by atoms with Gasteiger partial charge in [0.2, 0.25) is 0 Å². The third-order valence-electron chi connectivity index (χ3n) is 3.93. The zero-order chi connectivity index (χ0) is 13.7. The van der Waals surface area contributed by atoms with Gasteiger partial charge < -0.3 is 10.1 Å². The molecule has 2 heterocycles. The van der Waals surface area contributed by atoms with E-state index in [1.165, 1.54) is 24.2 Å². The molecule has 1 saturated heterocycles. The standard InChI is InChI=1S/C15H27N3O/c1-4-8-16-15(12-7-6-9-19-11-12)14-10-13(5-2)17-18(14)3/h10,12,15-16H,4-9,11H2,1-3H3. The molecular weight excluding hydrogens is 238 g/mol. The molecule has 19 heavy (non-hydrogen) atoms. The molecule has 0 spiro atoms. The lowest BCUT2D eigenvalue weighted by Crippen LogP contribution is -2.35. The van der Waals surface area contributed by atoms with Gasteiger partial charge in [0.15, 0.2) is 0 Å². The Balaban J connectivity index is 2.17. The van der Waals surface area contributed by atoms with Crippen LogP contribution in [0, 0.1) is 5.92 Å². The lowest BCUT2D eigenvalue weighted by molar-refractivity contribution is 0.0378. The monoisotopic (exact) mass is 265 g/mol. The van der Waals surface area contributed by atoms with E-state index in [4.69, 9.17) is 4.74 Å². The Bertz CT molecular complexity index is 383. The molecule has 1 aromatic heterocycles. The molecule has 0 saturated carbocycles. The molecule has 0 bridgehead atoms. The van der Waals surface area contributed by atoms with Crippen LogP contribution in [0.15, 0.2) is 6.07 Å². The highest BCUT2D eigenvalue weighted by Gasteiger charge is 2.27. The van der Waals surface area contributed by atoms with Gasteiger partial charge in [-0.25, -0.2) is 0 Å². The smallest absolute Gasteiger partial charge is 0.0625 e. The van der Waals surface area contributed by atoms with Gasteiger partial charge in [0.1, 0.15) is 0 Å². The van der Waals surface area contributed by atoms with Crippen molar-refractivity contribution < 1.29 is 4.74 Å². The molecule has 0 radical (unpaired) electrons. The Kier molecular flexibility index (Phi) is 5.40. The first-order valence-corrected chi connectivity index (χ1v) is 7.60. The van der Waals surface area contributed by atoms with Crippen LogP contribution >= 0.6 is 0 Å². The van der Waals surface area contributed by atoms with E-state index in [1.807, 2.05) is 4.68 Å². The molecule has 4 heteroatoms. The highest BCUT2D eigenvalue weighted by atomic mass is 16.5. The normalized spacial score (nSPS) is 21.5. The van der Waals surface area contributed by atoms with Crippen molar-refractivity contribution in [3.05, 3.63) is 17.5 Å². The molecule has 1 aliphatic heterocycles. The third kappa shape index (κ3) is 3.57. The van der Waals surface area contributed by atoms with E-state index in [0.717, 1.165) is 32.6 Å². The number of aromatic nitrogens is 2. The summed E-state index contributed by atoms with van der Waals surface area (Å²) < 4.78 is 7.71. The first-order valence-electron chi connectivity index (χ1n) is 7.60. The summed E-state index contributed by atoms with van der Waals surface area (Å²) in [7, 11) is 2.05. The fourth-order valence-electron chi connectivity index (χ4n) is 2.85. The average molecular weight is 265 g/mol. The van der Waals surface area contributed by atoms with Gasteiger partial charge in [-0.1, -0.05) is 13.8 Å². The zero-order valence-corrected chi connectivity index (χ0v) is 12.5. The number of hydrogen-bond acceptors (Lipinski definition) is 3. The van der Waals surface area contributed by atoms with Crippen LogP contribution in [-0.2, 0) is 18.2 Å². The lowest BCUT2D eigenvalue weighted by atomic mass is 9.91. The fourth-order valence-corrected chi connectivity index (χ4v) is 2.85. The summed E-state index contributed by atoms with van der Waals surface area (Å²) in [6.45, 7) is 7.21. The van der Waals surface area contributed by atoms with E-state index < -0.39 is 0 Å². The second kappa shape index (κ2) is 7.06. The van der Waals surface area contributed by atoms with Gasteiger partial charge in [0.05, 0.1) is 24.0 Å². The van der Waals surface area contributed by atoms with Crippen LogP contribution in [-0.4, -0.2) is 29.5 Å². The quantitative estimate of drug-likeness (QED) is 0.858. The highest BCUT2D eigenvalue weighted by molar-refractivity contribution is 5.15. The van der Waals surface area contributed by atoms with Crippen molar-refractivity contribution in [3.8, 4) is 0 Å². The highest BCUT2D eigenvalue weighted by Crippen LogP contribution is 2.29. The maximum Gasteiger partial charge on any atom is 0.0625 e. The van der Waals surface area contributed by atoms with Crippen LogP contribution in [0.5, 0.6) is 0 Å². The Morgan fingerprint density at radius 2 is 2.37 bits per heavy atom. The number of ether oxygens (including phenoxy) is 1. The zero-order valence-electron chi connectivity index (χ0n) is 12.5.